The summed E-state index contributed by atoms with van der Waals surface area (Å²) in [6.45, 7) is 2.51. The molecule has 0 heterocycles. The van der Waals surface area contributed by atoms with Gasteiger partial charge in [-0.25, -0.2) is 8.42 Å². The van der Waals surface area contributed by atoms with Gasteiger partial charge in [0.2, 0.25) is 0 Å². The third-order valence-corrected chi connectivity index (χ3v) is 6.51. The lowest BCUT2D eigenvalue weighted by Gasteiger charge is -2.29. The minimum absolute atomic E-state index is 0.0390. The Labute approximate surface area is 108 Å². The Bertz CT molecular complexity index is 391. The number of methoxy groups -OCH3 is 1. The Balaban J connectivity index is 2.66. The lowest BCUT2D eigenvalue weighted by atomic mass is 9.89. The second-order valence-electron chi connectivity index (χ2n) is 5.48. The summed E-state index contributed by atoms with van der Waals surface area (Å²) in [6, 6.07) is 0. The van der Waals surface area contributed by atoms with Crippen molar-refractivity contribution in [1.82, 2.24) is 0 Å². The molecule has 0 bridgehead atoms. The van der Waals surface area contributed by atoms with E-state index in [-0.39, 0.29) is 17.8 Å². The summed E-state index contributed by atoms with van der Waals surface area (Å²) in [5.74, 6) is -1.27. The van der Waals surface area contributed by atoms with Gasteiger partial charge >= 0.3 is 5.97 Å². The smallest absolute Gasteiger partial charge is 0.324 e. The molecule has 1 saturated carbocycles. The lowest BCUT2D eigenvalue weighted by Crippen LogP contribution is -2.43. The van der Waals surface area contributed by atoms with Gasteiger partial charge in [-0.05, 0) is 45.4 Å². The van der Waals surface area contributed by atoms with Gasteiger partial charge in [0.05, 0.1) is 11.9 Å². The first-order valence-corrected chi connectivity index (χ1v) is 7.84. The Morgan fingerprint density at radius 3 is 2.17 bits per heavy atom. The van der Waals surface area contributed by atoms with Gasteiger partial charge in [0.15, 0.2) is 14.6 Å². The molecule has 0 aromatic carbocycles. The molecule has 0 radical (unpaired) electrons. The average Bonchev–Trinajstić information content (AvgIpc) is 2.29. The number of hydrogen-bond donors (Lipinski definition) is 1. The van der Waals surface area contributed by atoms with Crippen LogP contribution < -0.4 is 0 Å². The molecule has 0 aromatic rings. The molecule has 1 aliphatic carbocycles. The van der Waals surface area contributed by atoms with Crippen LogP contribution in [0.1, 0.15) is 39.5 Å². The van der Waals surface area contributed by atoms with Crippen LogP contribution in [-0.4, -0.2) is 43.2 Å². The normalized spacial score (nSPS) is 25.9. The zero-order valence-corrected chi connectivity index (χ0v) is 12.0. The van der Waals surface area contributed by atoms with Gasteiger partial charge in [0, 0.05) is 7.11 Å². The first-order chi connectivity index (χ1) is 8.20. The van der Waals surface area contributed by atoms with Crippen molar-refractivity contribution >= 4 is 15.8 Å². The number of sulfone groups is 1. The summed E-state index contributed by atoms with van der Waals surface area (Å²) in [4.78, 5) is 11.0. The summed E-state index contributed by atoms with van der Waals surface area (Å²) >= 11 is 0. The van der Waals surface area contributed by atoms with E-state index in [0.29, 0.717) is 0 Å². The van der Waals surface area contributed by atoms with E-state index < -0.39 is 20.6 Å². The van der Waals surface area contributed by atoms with Gasteiger partial charge in [0.25, 0.3) is 0 Å². The Hall–Kier alpha value is -0.620. The fraction of sp³-hybridized carbons (Fsp3) is 0.917. The number of hydrogen-bond acceptors (Lipinski definition) is 4. The van der Waals surface area contributed by atoms with Crippen molar-refractivity contribution < 1.29 is 23.1 Å². The van der Waals surface area contributed by atoms with Crippen molar-refractivity contribution in [3.05, 3.63) is 0 Å². The maximum Gasteiger partial charge on any atom is 0.324 e. The highest BCUT2D eigenvalue weighted by Gasteiger charge is 2.43. The Morgan fingerprint density at radius 2 is 1.78 bits per heavy atom. The molecule has 1 N–H and O–H groups in total. The predicted octanol–water partition coefficient (Wildman–Crippen LogP) is 1.47. The number of aliphatic carboxylic acids is 1. The highest BCUT2D eigenvalue weighted by Crippen LogP contribution is 2.30. The molecule has 0 spiro atoms. The van der Waals surface area contributed by atoms with Gasteiger partial charge in [-0.15, -0.1) is 0 Å². The van der Waals surface area contributed by atoms with Gasteiger partial charge in [0.1, 0.15) is 0 Å². The van der Waals surface area contributed by atoms with Crippen LogP contribution in [0.3, 0.4) is 0 Å². The number of ether oxygens (including phenoxy) is 1. The molecule has 1 fully saturated rings. The van der Waals surface area contributed by atoms with E-state index in [9.17, 15) is 13.2 Å². The zero-order valence-electron chi connectivity index (χ0n) is 11.2. The molecule has 0 atom stereocenters. The van der Waals surface area contributed by atoms with Crippen LogP contribution >= 0.6 is 0 Å². The van der Waals surface area contributed by atoms with Crippen LogP contribution in [0.5, 0.6) is 0 Å². The van der Waals surface area contributed by atoms with Crippen molar-refractivity contribution in [2.24, 2.45) is 5.92 Å². The van der Waals surface area contributed by atoms with Crippen molar-refractivity contribution in [3.63, 3.8) is 0 Å². The molecule has 0 saturated heterocycles. The van der Waals surface area contributed by atoms with Crippen LogP contribution in [0.15, 0.2) is 0 Å². The molecule has 5 nitrogen and oxygen atoms in total. The van der Waals surface area contributed by atoms with Gasteiger partial charge < -0.3 is 9.84 Å². The van der Waals surface area contributed by atoms with Crippen LogP contribution in [0, 0.1) is 5.92 Å². The Kier molecular flexibility index (Phi) is 4.78. The fourth-order valence-electron chi connectivity index (χ4n) is 2.19. The lowest BCUT2D eigenvalue weighted by molar-refractivity contribution is -0.139. The molecule has 0 aromatic heterocycles. The highest BCUT2D eigenvalue weighted by molar-refractivity contribution is 7.93. The highest BCUT2D eigenvalue weighted by atomic mass is 32.2. The van der Waals surface area contributed by atoms with Crippen LogP contribution in [0.4, 0.5) is 0 Å². The fourth-order valence-corrected chi connectivity index (χ4v) is 3.82. The van der Waals surface area contributed by atoms with E-state index in [1.807, 2.05) is 0 Å². The topological polar surface area (TPSA) is 80.7 Å². The molecule has 18 heavy (non-hydrogen) atoms. The van der Waals surface area contributed by atoms with E-state index in [1.165, 1.54) is 13.8 Å². The van der Waals surface area contributed by atoms with Crippen LogP contribution in [0.25, 0.3) is 0 Å². The summed E-state index contributed by atoms with van der Waals surface area (Å²) < 4.78 is 27.7. The van der Waals surface area contributed by atoms with E-state index in [4.69, 9.17) is 9.84 Å². The molecule has 1 rings (SSSR count). The SMILES string of the molecule is COC1CCC(CS(=O)(=O)C(C)(C)C(=O)O)CC1. The zero-order chi connectivity index (χ0) is 14.0. The quantitative estimate of drug-likeness (QED) is 0.823. The van der Waals surface area contributed by atoms with Gasteiger partial charge in [-0.2, -0.15) is 0 Å². The number of carboxylic acids is 1. The maximum atomic E-state index is 12.1. The standard InChI is InChI=1S/C12H22O5S/c1-12(2,11(13)14)18(15,16)8-9-4-6-10(17-3)7-5-9/h9-10H,4-8H2,1-3H3,(H,13,14). The van der Waals surface area contributed by atoms with E-state index in [2.05, 4.69) is 0 Å². The van der Waals surface area contributed by atoms with Gasteiger partial charge in [-0.1, -0.05) is 0 Å². The largest absolute Gasteiger partial charge is 0.480 e. The Morgan fingerprint density at radius 1 is 1.28 bits per heavy atom. The van der Waals surface area contributed by atoms with Crippen molar-refractivity contribution in [2.75, 3.05) is 12.9 Å². The molecule has 0 amide bonds. The van der Waals surface area contributed by atoms with E-state index in [0.717, 1.165) is 25.7 Å². The number of carbonyl (C=O) groups is 1. The van der Waals surface area contributed by atoms with Crippen molar-refractivity contribution in [2.45, 2.75) is 50.4 Å². The molecule has 1 aliphatic rings. The first-order valence-electron chi connectivity index (χ1n) is 6.19. The minimum atomic E-state index is -3.62. The van der Waals surface area contributed by atoms with E-state index >= 15 is 0 Å². The third-order valence-electron chi connectivity index (χ3n) is 3.87. The second-order valence-corrected chi connectivity index (χ2v) is 8.06. The molecule has 0 aliphatic heterocycles. The number of rotatable bonds is 5. The molecule has 0 unspecified atom stereocenters. The molecular weight excluding hydrogens is 256 g/mol. The molecule has 106 valence electrons. The van der Waals surface area contributed by atoms with E-state index in [1.54, 1.807) is 7.11 Å². The van der Waals surface area contributed by atoms with Crippen LogP contribution in [-0.2, 0) is 19.4 Å². The summed E-state index contributed by atoms with van der Waals surface area (Å²) in [5, 5.41) is 8.99. The summed E-state index contributed by atoms with van der Waals surface area (Å²) in [5.41, 5.74) is 0. The van der Waals surface area contributed by atoms with Crippen molar-refractivity contribution in [1.29, 1.82) is 0 Å². The average molecular weight is 278 g/mol. The minimum Gasteiger partial charge on any atom is -0.480 e. The first kappa shape index (κ1) is 15.4. The van der Waals surface area contributed by atoms with Crippen molar-refractivity contribution in [3.8, 4) is 0 Å². The van der Waals surface area contributed by atoms with Crippen LogP contribution in [0.2, 0.25) is 0 Å². The third kappa shape index (κ3) is 3.23. The monoisotopic (exact) mass is 278 g/mol. The van der Waals surface area contributed by atoms with Gasteiger partial charge in [-0.3, -0.25) is 4.79 Å². The summed E-state index contributed by atoms with van der Waals surface area (Å²) in [6.07, 6.45) is 3.49. The second kappa shape index (κ2) is 5.57. The molecular formula is C12H22O5S. The molecule has 6 heteroatoms. The predicted molar refractivity (Wildman–Crippen MR) is 68.3 cm³/mol. The maximum absolute atomic E-state index is 12.1. The summed E-state index contributed by atoms with van der Waals surface area (Å²) in [7, 11) is -1.96. The number of carboxylic acid groups (broad SMARTS) is 1.